The van der Waals surface area contributed by atoms with Crippen LogP contribution < -0.4 is 11.1 Å². The van der Waals surface area contributed by atoms with Crippen molar-refractivity contribution in [2.45, 2.75) is 26.3 Å². The summed E-state index contributed by atoms with van der Waals surface area (Å²) in [5.41, 5.74) is 5.46. The quantitative estimate of drug-likeness (QED) is 0.692. The molecule has 0 rings (SSSR count). The van der Waals surface area contributed by atoms with Gasteiger partial charge in [0.2, 0.25) is 11.8 Å². The van der Waals surface area contributed by atoms with Crippen LogP contribution in [0.5, 0.6) is 0 Å². The normalized spacial score (nSPS) is 11.2. The van der Waals surface area contributed by atoms with E-state index in [1.165, 1.54) is 4.90 Å². The van der Waals surface area contributed by atoms with Gasteiger partial charge in [0, 0.05) is 13.6 Å². The molecule has 6 heteroatoms. The van der Waals surface area contributed by atoms with Crippen molar-refractivity contribution in [2.24, 2.45) is 5.73 Å². The summed E-state index contributed by atoms with van der Waals surface area (Å²) in [6.07, 6.45) is 0.815. The Morgan fingerprint density at radius 3 is 2.33 bits per heavy atom. The van der Waals surface area contributed by atoms with Crippen molar-refractivity contribution in [2.75, 3.05) is 20.1 Å². The van der Waals surface area contributed by atoms with E-state index >= 15 is 0 Å². The molecule has 5 nitrogen and oxygen atoms in total. The Morgan fingerprint density at radius 1 is 1.47 bits per heavy atom. The monoisotopic (exact) mass is 237 g/mol. The Kier molecular flexibility index (Phi) is 9.41. The van der Waals surface area contributed by atoms with Gasteiger partial charge in [-0.2, -0.15) is 0 Å². The van der Waals surface area contributed by atoms with Gasteiger partial charge in [-0.15, -0.1) is 12.4 Å². The van der Waals surface area contributed by atoms with Gasteiger partial charge in [0.25, 0.3) is 0 Å². The number of nitrogens with zero attached hydrogens (tertiary/aromatic N) is 1. The first-order valence-corrected chi connectivity index (χ1v) is 4.77. The van der Waals surface area contributed by atoms with Crippen LogP contribution in [0.25, 0.3) is 0 Å². The Morgan fingerprint density at radius 2 is 2.00 bits per heavy atom. The second kappa shape index (κ2) is 8.49. The van der Waals surface area contributed by atoms with Gasteiger partial charge in [0.15, 0.2) is 0 Å². The van der Waals surface area contributed by atoms with Gasteiger partial charge < -0.3 is 16.0 Å². The third kappa shape index (κ3) is 6.30. The lowest BCUT2D eigenvalue weighted by molar-refractivity contribution is -0.136. The number of halogens is 1. The van der Waals surface area contributed by atoms with Gasteiger partial charge in [0.05, 0.1) is 12.6 Å². The van der Waals surface area contributed by atoms with E-state index in [2.05, 4.69) is 5.32 Å². The topological polar surface area (TPSA) is 75.4 Å². The third-order valence-electron chi connectivity index (χ3n) is 1.81. The summed E-state index contributed by atoms with van der Waals surface area (Å²) >= 11 is 0. The summed E-state index contributed by atoms with van der Waals surface area (Å²) in [7, 11) is 1.54. The minimum absolute atomic E-state index is 0. The molecule has 0 bridgehead atoms. The van der Waals surface area contributed by atoms with E-state index in [1.807, 2.05) is 6.92 Å². The fourth-order valence-electron chi connectivity index (χ4n) is 1.08. The molecule has 0 spiro atoms. The lowest BCUT2D eigenvalue weighted by atomic mass is 10.3. The van der Waals surface area contributed by atoms with Crippen molar-refractivity contribution < 1.29 is 9.59 Å². The van der Waals surface area contributed by atoms with Crippen LogP contribution in [0.15, 0.2) is 0 Å². The highest BCUT2D eigenvalue weighted by Gasteiger charge is 2.18. The Hall–Kier alpha value is -0.810. The first-order chi connectivity index (χ1) is 6.52. The summed E-state index contributed by atoms with van der Waals surface area (Å²) in [5, 5.41) is 2.47. The van der Waals surface area contributed by atoms with Crippen molar-refractivity contribution in [3.05, 3.63) is 0 Å². The molecule has 0 heterocycles. The maximum atomic E-state index is 11.5. The van der Waals surface area contributed by atoms with Gasteiger partial charge in [-0.3, -0.25) is 9.59 Å². The zero-order valence-electron chi connectivity index (χ0n) is 9.45. The molecule has 0 aromatic rings. The first kappa shape index (κ1) is 16.6. The van der Waals surface area contributed by atoms with Crippen molar-refractivity contribution >= 4 is 24.2 Å². The second-order valence-corrected chi connectivity index (χ2v) is 3.22. The van der Waals surface area contributed by atoms with Crippen LogP contribution in [0.2, 0.25) is 0 Å². The summed E-state index contributed by atoms with van der Waals surface area (Å²) < 4.78 is 0. The fourth-order valence-corrected chi connectivity index (χ4v) is 1.08. The van der Waals surface area contributed by atoms with E-state index in [9.17, 15) is 9.59 Å². The highest BCUT2D eigenvalue weighted by Crippen LogP contribution is 1.95. The van der Waals surface area contributed by atoms with Crippen LogP contribution in [-0.2, 0) is 9.59 Å². The Labute approximate surface area is 96.8 Å². The maximum Gasteiger partial charge on any atom is 0.239 e. The SMILES string of the molecule is CCCN(CC(=O)NC)C(=O)C(C)N.Cl. The average molecular weight is 238 g/mol. The lowest BCUT2D eigenvalue weighted by Gasteiger charge is -2.22. The fraction of sp³-hybridized carbons (Fsp3) is 0.778. The predicted octanol–water partition coefficient (Wildman–Crippen LogP) is -0.260. The summed E-state index contributed by atoms with van der Waals surface area (Å²) in [4.78, 5) is 24.1. The van der Waals surface area contributed by atoms with E-state index in [0.717, 1.165) is 6.42 Å². The van der Waals surface area contributed by atoms with Crippen LogP contribution in [0.3, 0.4) is 0 Å². The number of hydrogen-bond acceptors (Lipinski definition) is 3. The summed E-state index contributed by atoms with van der Waals surface area (Å²) in [5.74, 6) is -0.358. The standard InChI is InChI=1S/C9H19N3O2.ClH/c1-4-5-12(6-8(13)11-3)9(14)7(2)10;/h7H,4-6,10H2,1-3H3,(H,11,13);1H. The highest BCUT2D eigenvalue weighted by atomic mass is 35.5. The molecule has 0 aliphatic rings. The van der Waals surface area contributed by atoms with Crippen LogP contribution in [-0.4, -0.2) is 42.9 Å². The molecular formula is C9H20ClN3O2. The molecule has 90 valence electrons. The van der Waals surface area contributed by atoms with Gasteiger partial charge >= 0.3 is 0 Å². The van der Waals surface area contributed by atoms with Crippen LogP contribution in [0.1, 0.15) is 20.3 Å². The summed E-state index contributed by atoms with van der Waals surface area (Å²) in [6, 6.07) is -0.550. The number of likely N-dealkylation sites (N-methyl/N-ethyl adjacent to an activating group) is 1. The molecule has 1 unspecified atom stereocenters. The van der Waals surface area contributed by atoms with Crippen LogP contribution in [0.4, 0.5) is 0 Å². The minimum Gasteiger partial charge on any atom is -0.358 e. The van der Waals surface area contributed by atoms with Crippen molar-refractivity contribution in [3.63, 3.8) is 0 Å². The molecule has 1 atom stereocenters. The van der Waals surface area contributed by atoms with E-state index in [-0.39, 0.29) is 30.8 Å². The number of nitrogens with one attached hydrogen (secondary N) is 1. The molecule has 0 aromatic heterocycles. The maximum absolute atomic E-state index is 11.5. The van der Waals surface area contributed by atoms with Crippen molar-refractivity contribution in [3.8, 4) is 0 Å². The largest absolute Gasteiger partial charge is 0.358 e. The number of carbonyl (C=O) groups excluding carboxylic acids is 2. The number of amides is 2. The molecule has 0 aromatic carbocycles. The number of nitrogens with two attached hydrogens (primary N) is 1. The number of rotatable bonds is 5. The van der Waals surface area contributed by atoms with Gasteiger partial charge in [-0.05, 0) is 13.3 Å². The first-order valence-electron chi connectivity index (χ1n) is 4.77. The summed E-state index contributed by atoms with van der Waals surface area (Å²) in [6.45, 7) is 4.22. The number of carbonyl (C=O) groups is 2. The molecule has 0 radical (unpaired) electrons. The third-order valence-corrected chi connectivity index (χ3v) is 1.81. The molecular weight excluding hydrogens is 218 g/mol. The number of hydrogen-bond donors (Lipinski definition) is 2. The van der Waals surface area contributed by atoms with Gasteiger partial charge in [-0.1, -0.05) is 6.92 Å². The molecule has 0 fully saturated rings. The zero-order chi connectivity index (χ0) is 11.1. The van der Waals surface area contributed by atoms with E-state index in [1.54, 1.807) is 14.0 Å². The molecule has 3 N–H and O–H groups in total. The smallest absolute Gasteiger partial charge is 0.239 e. The molecule has 0 aliphatic carbocycles. The Balaban J connectivity index is 0. The lowest BCUT2D eigenvalue weighted by Crippen LogP contribution is -2.46. The van der Waals surface area contributed by atoms with Gasteiger partial charge in [-0.25, -0.2) is 0 Å². The molecule has 0 saturated carbocycles. The predicted molar refractivity (Wildman–Crippen MR) is 61.8 cm³/mol. The van der Waals surface area contributed by atoms with Crippen molar-refractivity contribution in [1.82, 2.24) is 10.2 Å². The van der Waals surface area contributed by atoms with Crippen molar-refractivity contribution in [1.29, 1.82) is 0 Å². The van der Waals surface area contributed by atoms with E-state index in [0.29, 0.717) is 6.54 Å². The molecule has 0 saturated heterocycles. The van der Waals surface area contributed by atoms with E-state index < -0.39 is 6.04 Å². The van der Waals surface area contributed by atoms with E-state index in [4.69, 9.17) is 5.73 Å². The van der Waals surface area contributed by atoms with Crippen LogP contribution >= 0.6 is 12.4 Å². The second-order valence-electron chi connectivity index (χ2n) is 3.22. The molecule has 2 amide bonds. The molecule has 0 aliphatic heterocycles. The van der Waals surface area contributed by atoms with Gasteiger partial charge in [0.1, 0.15) is 0 Å². The van der Waals surface area contributed by atoms with Crippen LogP contribution in [0, 0.1) is 0 Å². The molecule has 15 heavy (non-hydrogen) atoms. The zero-order valence-corrected chi connectivity index (χ0v) is 10.3. The highest BCUT2D eigenvalue weighted by molar-refractivity contribution is 5.87. The average Bonchev–Trinajstić information content (AvgIpc) is 2.15. The Bertz CT molecular complexity index is 210. The minimum atomic E-state index is -0.550.